The molecule has 0 fully saturated rings. The van der Waals surface area contributed by atoms with Gasteiger partial charge in [0.2, 0.25) is 0 Å². The molecule has 0 atom stereocenters. The fraction of sp³-hybridized carbons (Fsp3) is 0.944. The normalized spacial score (nSPS) is 9.86. The van der Waals surface area contributed by atoms with Gasteiger partial charge in [0.25, 0.3) is 0 Å². The third kappa shape index (κ3) is 25.6. The van der Waals surface area contributed by atoms with E-state index in [2.05, 4.69) is 6.92 Å². The number of carbonyl (C=O) groups is 1. The van der Waals surface area contributed by atoms with E-state index in [4.69, 9.17) is 5.11 Å². The van der Waals surface area contributed by atoms with E-state index in [1.807, 2.05) is 0 Å². The summed E-state index contributed by atoms with van der Waals surface area (Å²) in [5.74, 6) is -0.653. The van der Waals surface area contributed by atoms with E-state index in [-0.39, 0.29) is 39.8 Å². The third-order valence-corrected chi connectivity index (χ3v) is 3.99. The van der Waals surface area contributed by atoms with Crippen LogP contribution in [-0.2, 0) is 24.3 Å². The van der Waals surface area contributed by atoms with E-state index in [1.54, 1.807) is 0 Å². The van der Waals surface area contributed by atoms with E-state index in [0.29, 0.717) is 6.42 Å². The number of carboxylic acid groups (broad SMARTS) is 1. The summed E-state index contributed by atoms with van der Waals surface area (Å²) in [6, 6.07) is 0. The molecule has 0 aromatic rings. The van der Waals surface area contributed by atoms with Crippen LogP contribution < -0.4 is 18.9 Å². The zero-order valence-corrected chi connectivity index (χ0v) is 18.3. The zero-order valence-electron chi connectivity index (χ0n) is 16.4. The van der Waals surface area contributed by atoms with Crippen LogP contribution in [0.1, 0.15) is 111 Å². The standard InChI is InChI=1S/C18H36O2.Li.Zn.H/c1-2-3-4-5-6-7-8-9-10-11-12-13-14-15-16-17-18(19)20;;;/h2-17H2,1H3,(H,19,20);;;/q;+1;;-1. The smallest absolute Gasteiger partial charge is 1.00 e. The minimum atomic E-state index is -0.653. The molecule has 0 unspecified atom stereocenters. The van der Waals surface area contributed by atoms with Crippen LogP contribution in [0.2, 0.25) is 0 Å². The average molecular weight is 358 g/mol. The molecular weight excluding hydrogens is 321 g/mol. The second-order valence-electron chi connectivity index (χ2n) is 6.09. The predicted molar refractivity (Wildman–Crippen MR) is 88.3 cm³/mol. The monoisotopic (exact) mass is 356 g/mol. The van der Waals surface area contributed by atoms with Crippen LogP contribution in [-0.4, -0.2) is 11.1 Å². The Morgan fingerprint density at radius 1 is 0.682 bits per heavy atom. The van der Waals surface area contributed by atoms with Crippen LogP contribution in [0.3, 0.4) is 0 Å². The number of rotatable bonds is 16. The number of hydrogen-bond acceptors (Lipinski definition) is 1. The molecule has 124 valence electrons. The molecule has 0 spiro atoms. The molecule has 0 aliphatic rings. The summed E-state index contributed by atoms with van der Waals surface area (Å²) >= 11 is 0. The van der Waals surface area contributed by atoms with Crippen molar-refractivity contribution in [3.63, 3.8) is 0 Å². The van der Waals surface area contributed by atoms with Crippen molar-refractivity contribution < 1.29 is 49.7 Å². The Kier molecular flexibility index (Phi) is 30.0. The number of unbranched alkanes of at least 4 members (excludes halogenated alkanes) is 14. The van der Waals surface area contributed by atoms with E-state index in [9.17, 15) is 4.79 Å². The summed E-state index contributed by atoms with van der Waals surface area (Å²) in [7, 11) is 0. The molecule has 0 saturated heterocycles. The van der Waals surface area contributed by atoms with Crippen molar-refractivity contribution in [2.75, 3.05) is 0 Å². The van der Waals surface area contributed by atoms with E-state index in [1.165, 1.54) is 83.5 Å². The second kappa shape index (κ2) is 23.9. The van der Waals surface area contributed by atoms with Crippen LogP contribution in [0.4, 0.5) is 0 Å². The Morgan fingerprint density at radius 2 is 0.955 bits per heavy atom. The molecule has 0 aromatic heterocycles. The molecule has 0 aliphatic heterocycles. The Labute approximate surface area is 165 Å². The molecule has 0 aliphatic carbocycles. The largest absolute Gasteiger partial charge is 1.00 e. The van der Waals surface area contributed by atoms with Gasteiger partial charge in [-0.15, -0.1) is 0 Å². The van der Waals surface area contributed by atoms with Gasteiger partial charge in [0.1, 0.15) is 0 Å². The summed E-state index contributed by atoms with van der Waals surface area (Å²) in [4.78, 5) is 10.3. The first-order chi connectivity index (χ1) is 9.77. The third-order valence-electron chi connectivity index (χ3n) is 3.99. The van der Waals surface area contributed by atoms with Crippen molar-refractivity contribution in [2.45, 2.75) is 110 Å². The van der Waals surface area contributed by atoms with Gasteiger partial charge >= 0.3 is 24.8 Å². The summed E-state index contributed by atoms with van der Waals surface area (Å²) in [5.41, 5.74) is 0. The average Bonchev–Trinajstić information content (AvgIpc) is 2.43. The van der Waals surface area contributed by atoms with Crippen LogP contribution in [0.25, 0.3) is 0 Å². The van der Waals surface area contributed by atoms with E-state index < -0.39 is 5.97 Å². The molecule has 0 saturated carbocycles. The molecule has 1 N–H and O–H groups in total. The van der Waals surface area contributed by atoms with Crippen LogP contribution in [0, 0.1) is 0 Å². The molecule has 0 aromatic carbocycles. The number of carboxylic acids is 1. The zero-order chi connectivity index (χ0) is 14.9. The quantitative estimate of drug-likeness (QED) is 0.339. The van der Waals surface area contributed by atoms with Gasteiger partial charge in [0.15, 0.2) is 0 Å². The van der Waals surface area contributed by atoms with Crippen LogP contribution in [0.5, 0.6) is 0 Å². The van der Waals surface area contributed by atoms with Crippen molar-refractivity contribution in [3.05, 3.63) is 0 Å². The minimum absolute atomic E-state index is 0. The van der Waals surface area contributed by atoms with E-state index in [0.717, 1.165) is 12.8 Å². The van der Waals surface area contributed by atoms with Gasteiger partial charge in [0.05, 0.1) is 0 Å². The van der Waals surface area contributed by atoms with Gasteiger partial charge < -0.3 is 6.53 Å². The van der Waals surface area contributed by atoms with Gasteiger partial charge in [-0.25, -0.2) is 0 Å². The molecule has 0 heterocycles. The SMILES string of the molecule is CCCCCCCCCCCCCCCCCC(=O)O.[H-].[Li+].[Zn]. The molecular formula is C18H37LiO2Zn. The predicted octanol–water partition coefficient (Wildman–Crippen LogP) is 3.45. The topological polar surface area (TPSA) is 37.3 Å². The minimum Gasteiger partial charge on any atom is -1.00 e. The first-order valence-corrected chi connectivity index (χ1v) is 8.99. The van der Waals surface area contributed by atoms with Crippen molar-refractivity contribution in [1.29, 1.82) is 0 Å². The van der Waals surface area contributed by atoms with Gasteiger partial charge in [-0.3, -0.25) is 4.79 Å². The van der Waals surface area contributed by atoms with Crippen molar-refractivity contribution in [3.8, 4) is 0 Å². The summed E-state index contributed by atoms with van der Waals surface area (Å²) in [6.07, 6.45) is 20.2. The van der Waals surface area contributed by atoms with Gasteiger partial charge in [0, 0.05) is 25.9 Å². The van der Waals surface area contributed by atoms with Gasteiger partial charge in [-0.1, -0.05) is 96.8 Å². The fourth-order valence-corrected chi connectivity index (χ4v) is 2.65. The first kappa shape index (κ1) is 27.5. The molecule has 0 bridgehead atoms. The first-order valence-electron chi connectivity index (χ1n) is 8.99. The molecule has 2 nitrogen and oxygen atoms in total. The Morgan fingerprint density at radius 3 is 1.23 bits per heavy atom. The summed E-state index contributed by atoms with van der Waals surface area (Å²) < 4.78 is 0. The molecule has 0 amide bonds. The summed E-state index contributed by atoms with van der Waals surface area (Å²) in [5, 5.41) is 8.52. The van der Waals surface area contributed by atoms with Gasteiger partial charge in [-0.2, -0.15) is 0 Å². The van der Waals surface area contributed by atoms with Crippen LogP contribution >= 0.6 is 0 Å². The van der Waals surface area contributed by atoms with Gasteiger partial charge in [-0.05, 0) is 6.42 Å². The number of hydrogen-bond donors (Lipinski definition) is 1. The number of aliphatic carboxylic acids is 1. The maximum atomic E-state index is 10.3. The Balaban J connectivity index is -0.000000602. The van der Waals surface area contributed by atoms with Crippen molar-refractivity contribution >= 4 is 5.97 Å². The second-order valence-corrected chi connectivity index (χ2v) is 6.09. The molecule has 4 heteroatoms. The van der Waals surface area contributed by atoms with Crippen molar-refractivity contribution in [1.82, 2.24) is 0 Å². The maximum absolute atomic E-state index is 10.3. The summed E-state index contributed by atoms with van der Waals surface area (Å²) in [6.45, 7) is 2.27. The molecule has 0 radical (unpaired) electrons. The maximum Gasteiger partial charge on any atom is 1.00 e. The molecule has 22 heavy (non-hydrogen) atoms. The van der Waals surface area contributed by atoms with Crippen molar-refractivity contribution in [2.24, 2.45) is 0 Å². The molecule has 0 rings (SSSR count). The Hall–Kier alpha value is 0.691. The fourth-order valence-electron chi connectivity index (χ4n) is 2.65. The Bertz CT molecular complexity index is 219. The van der Waals surface area contributed by atoms with Crippen LogP contribution in [0.15, 0.2) is 0 Å². The van der Waals surface area contributed by atoms with E-state index >= 15 is 0 Å².